The van der Waals surface area contributed by atoms with E-state index in [2.05, 4.69) is 10.3 Å². The van der Waals surface area contributed by atoms with Gasteiger partial charge in [0.25, 0.3) is 0 Å². The van der Waals surface area contributed by atoms with Crippen LogP contribution < -0.4 is 9.62 Å². The maximum atomic E-state index is 13.7. The molecule has 1 amide bonds. The summed E-state index contributed by atoms with van der Waals surface area (Å²) >= 11 is 0. The SMILES string of the molecule is CCCC(=O)c1cc(C#N)c(N(C(=O)C2CCNCC2)S(=O)(=O)Cc2cccc(F)c2)nc1C. The fourth-order valence-electron chi connectivity index (χ4n) is 3.98. The number of hydrogen-bond acceptors (Lipinski definition) is 7. The van der Waals surface area contributed by atoms with Crippen LogP contribution in [0.1, 0.15) is 59.8 Å². The van der Waals surface area contributed by atoms with Gasteiger partial charge >= 0.3 is 0 Å². The maximum Gasteiger partial charge on any atom is 0.247 e. The van der Waals surface area contributed by atoms with Crippen LogP contribution in [0.15, 0.2) is 30.3 Å². The fourth-order valence-corrected chi connectivity index (χ4v) is 5.54. The summed E-state index contributed by atoms with van der Waals surface area (Å²) in [6, 6.07) is 8.31. The van der Waals surface area contributed by atoms with Gasteiger partial charge in [0, 0.05) is 17.9 Å². The number of sulfonamides is 1. The number of piperidine rings is 1. The highest BCUT2D eigenvalue weighted by atomic mass is 32.2. The number of carbonyl (C=O) groups is 2. The van der Waals surface area contributed by atoms with Crippen molar-refractivity contribution >= 4 is 27.5 Å². The van der Waals surface area contributed by atoms with Gasteiger partial charge in [0.2, 0.25) is 15.9 Å². The first-order chi connectivity index (χ1) is 16.2. The molecule has 2 heterocycles. The Morgan fingerprint density at radius 3 is 2.59 bits per heavy atom. The molecule has 180 valence electrons. The summed E-state index contributed by atoms with van der Waals surface area (Å²) in [6.45, 7) is 4.49. The molecule has 1 aliphatic rings. The van der Waals surface area contributed by atoms with Crippen molar-refractivity contribution in [3.05, 3.63) is 58.5 Å². The standard InChI is InChI=1S/C24H27FN4O4S/c1-3-5-22(30)21-13-19(14-26)23(28-16(21)2)29(24(31)18-8-10-27-11-9-18)34(32,33)15-17-6-4-7-20(25)12-17/h4,6-7,12-13,18,27H,3,5,8-11,15H2,1-2H3. The molecular formula is C24H27FN4O4S. The van der Waals surface area contributed by atoms with Gasteiger partial charge in [0.15, 0.2) is 11.6 Å². The molecule has 0 aliphatic carbocycles. The van der Waals surface area contributed by atoms with E-state index in [1.54, 1.807) is 6.92 Å². The number of rotatable bonds is 8. The second kappa shape index (κ2) is 10.8. The van der Waals surface area contributed by atoms with Gasteiger partial charge in [0.05, 0.1) is 17.0 Å². The third kappa shape index (κ3) is 5.66. The first-order valence-electron chi connectivity index (χ1n) is 11.1. The molecule has 1 aromatic carbocycles. The molecular weight excluding hydrogens is 459 g/mol. The molecule has 0 bridgehead atoms. The number of aromatic nitrogens is 1. The molecule has 2 aromatic rings. The maximum absolute atomic E-state index is 13.7. The van der Waals surface area contributed by atoms with Gasteiger partial charge in [-0.1, -0.05) is 19.1 Å². The van der Waals surface area contributed by atoms with Crippen LogP contribution in [0, 0.1) is 30.0 Å². The minimum absolute atomic E-state index is 0.160. The lowest BCUT2D eigenvalue weighted by Crippen LogP contribution is -2.45. The largest absolute Gasteiger partial charge is 0.317 e. The molecule has 1 aliphatic heterocycles. The molecule has 8 nitrogen and oxygen atoms in total. The monoisotopic (exact) mass is 486 g/mol. The Labute approximate surface area is 198 Å². The first-order valence-corrected chi connectivity index (χ1v) is 12.8. The Morgan fingerprint density at radius 1 is 1.26 bits per heavy atom. The number of carbonyl (C=O) groups excluding carboxylic acids is 2. The number of amides is 1. The van der Waals surface area contributed by atoms with Gasteiger partial charge in [-0.05, 0) is 63.0 Å². The van der Waals surface area contributed by atoms with Crippen LogP contribution in [0.25, 0.3) is 0 Å². The van der Waals surface area contributed by atoms with Gasteiger partial charge in [-0.15, -0.1) is 0 Å². The summed E-state index contributed by atoms with van der Waals surface area (Å²) < 4.78 is 41.4. The molecule has 1 fully saturated rings. The topological polar surface area (TPSA) is 120 Å². The Morgan fingerprint density at radius 2 is 1.97 bits per heavy atom. The Hall–Kier alpha value is -3.16. The quantitative estimate of drug-likeness (QED) is 0.569. The average Bonchev–Trinajstić information content (AvgIpc) is 2.79. The molecule has 0 radical (unpaired) electrons. The highest BCUT2D eigenvalue weighted by Gasteiger charge is 2.37. The van der Waals surface area contributed by atoms with Crippen molar-refractivity contribution in [3.63, 3.8) is 0 Å². The smallest absolute Gasteiger partial charge is 0.247 e. The van der Waals surface area contributed by atoms with Crippen molar-refractivity contribution in [2.45, 2.75) is 45.3 Å². The molecule has 0 unspecified atom stereocenters. The van der Waals surface area contributed by atoms with E-state index in [0.717, 1.165) is 6.07 Å². The Balaban J connectivity index is 2.13. The van der Waals surface area contributed by atoms with Crippen molar-refractivity contribution in [2.75, 3.05) is 17.4 Å². The van der Waals surface area contributed by atoms with Crippen LogP contribution >= 0.6 is 0 Å². The van der Waals surface area contributed by atoms with E-state index in [1.807, 2.05) is 13.0 Å². The van der Waals surface area contributed by atoms with Crippen molar-refractivity contribution in [2.24, 2.45) is 5.92 Å². The number of Topliss-reactive ketones (excluding diaryl/α,β-unsaturated/α-hetero) is 1. The summed E-state index contributed by atoms with van der Waals surface area (Å²) in [5, 5.41) is 12.9. The second-order valence-corrected chi connectivity index (χ2v) is 10.1. The van der Waals surface area contributed by atoms with Gasteiger partial charge in [-0.25, -0.2) is 17.8 Å². The normalized spacial score (nSPS) is 14.4. The zero-order chi connectivity index (χ0) is 24.9. The number of nitrogens with zero attached hydrogens (tertiary/aromatic N) is 3. The predicted octanol–water partition coefficient (Wildman–Crippen LogP) is 3.25. The molecule has 34 heavy (non-hydrogen) atoms. The Kier molecular flexibility index (Phi) is 8.12. The van der Waals surface area contributed by atoms with Crippen molar-refractivity contribution < 1.29 is 22.4 Å². The number of hydrogen-bond donors (Lipinski definition) is 1. The number of nitriles is 1. The van der Waals surface area contributed by atoms with E-state index in [0.29, 0.717) is 36.7 Å². The fraction of sp³-hybridized carbons (Fsp3) is 0.417. The van der Waals surface area contributed by atoms with Gasteiger partial charge < -0.3 is 5.32 Å². The summed E-state index contributed by atoms with van der Waals surface area (Å²) in [7, 11) is -4.39. The van der Waals surface area contributed by atoms with E-state index in [4.69, 9.17) is 0 Å². The lowest BCUT2D eigenvalue weighted by atomic mass is 9.97. The highest BCUT2D eigenvalue weighted by Crippen LogP contribution is 2.29. The van der Waals surface area contributed by atoms with Crippen molar-refractivity contribution in [1.82, 2.24) is 10.3 Å². The van der Waals surface area contributed by atoms with Gasteiger partial charge in [0.1, 0.15) is 11.9 Å². The first kappa shape index (κ1) is 25.5. The van der Waals surface area contributed by atoms with Crippen molar-refractivity contribution in [1.29, 1.82) is 5.26 Å². The van der Waals surface area contributed by atoms with Crippen LogP contribution in [0.5, 0.6) is 0 Å². The van der Waals surface area contributed by atoms with Crippen LogP contribution in [0.3, 0.4) is 0 Å². The molecule has 3 rings (SSSR count). The number of nitrogens with one attached hydrogen (secondary N) is 1. The predicted molar refractivity (Wildman–Crippen MR) is 125 cm³/mol. The zero-order valence-corrected chi connectivity index (χ0v) is 20.0. The molecule has 0 saturated carbocycles. The zero-order valence-electron chi connectivity index (χ0n) is 19.2. The van der Waals surface area contributed by atoms with Crippen LogP contribution in [-0.4, -0.2) is 38.2 Å². The van der Waals surface area contributed by atoms with E-state index >= 15 is 0 Å². The minimum atomic E-state index is -4.39. The van der Waals surface area contributed by atoms with Gasteiger partial charge in [-0.2, -0.15) is 9.57 Å². The van der Waals surface area contributed by atoms with Crippen molar-refractivity contribution in [3.8, 4) is 6.07 Å². The molecule has 0 spiro atoms. The third-order valence-electron chi connectivity index (χ3n) is 5.69. The lowest BCUT2D eigenvalue weighted by Gasteiger charge is -2.29. The lowest BCUT2D eigenvalue weighted by molar-refractivity contribution is -0.121. The summed E-state index contributed by atoms with van der Waals surface area (Å²) in [5.41, 5.74) is 0.429. The number of ketones is 1. The molecule has 1 N–H and O–H groups in total. The Bertz CT molecular complexity index is 1230. The van der Waals surface area contributed by atoms with Crippen LogP contribution in [0.4, 0.5) is 10.2 Å². The van der Waals surface area contributed by atoms with E-state index < -0.39 is 33.4 Å². The number of anilines is 1. The molecule has 0 atom stereocenters. The minimum Gasteiger partial charge on any atom is -0.317 e. The van der Waals surface area contributed by atoms with E-state index in [1.165, 1.54) is 24.3 Å². The number of benzene rings is 1. The van der Waals surface area contributed by atoms with Crippen LogP contribution in [-0.2, 0) is 20.6 Å². The third-order valence-corrected chi connectivity index (χ3v) is 7.30. The number of halogens is 1. The molecule has 1 saturated heterocycles. The molecule has 1 aromatic heterocycles. The number of aryl methyl sites for hydroxylation is 1. The average molecular weight is 487 g/mol. The summed E-state index contributed by atoms with van der Waals surface area (Å²) in [6.07, 6.45) is 1.71. The van der Waals surface area contributed by atoms with Crippen LogP contribution in [0.2, 0.25) is 0 Å². The van der Waals surface area contributed by atoms with Gasteiger partial charge in [-0.3, -0.25) is 9.59 Å². The number of pyridine rings is 1. The summed E-state index contributed by atoms with van der Waals surface area (Å²) in [5.74, 6) is -3.06. The van der Waals surface area contributed by atoms with E-state index in [9.17, 15) is 27.7 Å². The second-order valence-electron chi connectivity index (χ2n) is 8.29. The van der Waals surface area contributed by atoms with E-state index in [-0.39, 0.29) is 40.4 Å². The highest BCUT2D eigenvalue weighted by molar-refractivity contribution is 7.92. The molecule has 10 heteroatoms. The summed E-state index contributed by atoms with van der Waals surface area (Å²) in [4.78, 5) is 30.3.